The summed E-state index contributed by atoms with van der Waals surface area (Å²) in [7, 11) is 1.64. The Bertz CT molecular complexity index is 757. The molecule has 28 heavy (non-hydrogen) atoms. The largest absolute Gasteiger partial charge is 0.493 e. The zero-order valence-electron chi connectivity index (χ0n) is 17.7. The monoisotopic (exact) mass is 387 g/mol. The normalized spacial score (nSPS) is 12.5. The van der Waals surface area contributed by atoms with E-state index in [-0.39, 0.29) is 6.10 Å². The summed E-state index contributed by atoms with van der Waals surface area (Å²) in [6.45, 7) is 11.2. The Labute approximate surface area is 168 Å². The minimum absolute atomic E-state index is 0.0681. The van der Waals surface area contributed by atoms with Gasteiger partial charge in [-0.25, -0.2) is 4.99 Å². The fraction of sp³-hybridized carbons (Fsp3) is 0.524. The number of hydrogen-bond acceptors (Lipinski definition) is 4. The van der Waals surface area contributed by atoms with Crippen LogP contribution in [0.2, 0.25) is 0 Å². The van der Waals surface area contributed by atoms with E-state index in [0.29, 0.717) is 6.54 Å². The standard InChI is InChI=1S/C21H33N5O2/c1-6-22-21(23-12-9-13-26-17(3)14-16(2)25-26)24-15-18(4)28-20-11-8-7-10-19(20)27-5/h7-8,10-11,14,18H,6,9,12-13,15H2,1-5H3,(H2,22,23,24). The molecule has 0 saturated carbocycles. The first kappa shape index (κ1) is 21.6. The van der Waals surface area contributed by atoms with Crippen molar-refractivity contribution in [2.45, 2.75) is 46.8 Å². The Morgan fingerprint density at radius 1 is 1.21 bits per heavy atom. The van der Waals surface area contributed by atoms with Crippen LogP contribution in [0, 0.1) is 13.8 Å². The molecule has 1 atom stereocenters. The Kier molecular flexibility index (Phi) is 8.65. The van der Waals surface area contributed by atoms with Gasteiger partial charge in [0.15, 0.2) is 17.5 Å². The van der Waals surface area contributed by atoms with Gasteiger partial charge in [0.05, 0.1) is 19.3 Å². The first-order chi connectivity index (χ1) is 13.5. The van der Waals surface area contributed by atoms with Crippen molar-refractivity contribution in [1.82, 2.24) is 20.4 Å². The molecule has 0 aliphatic heterocycles. The summed E-state index contributed by atoms with van der Waals surface area (Å²) < 4.78 is 13.3. The second-order valence-corrected chi connectivity index (χ2v) is 6.73. The molecule has 0 aliphatic carbocycles. The molecule has 0 spiro atoms. The second kappa shape index (κ2) is 11.2. The van der Waals surface area contributed by atoms with Crippen molar-refractivity contribution in [1.29, 1.82) is 0 Å². The van der Waals surface area contributed by atoms with E-state index in [2.05, 4.69) is 40.6 Å². The lowest BCUT2D eigenvalue weighted by Crippen LogP contribution is -2.38. The summed E-state index contributed by atoms with van der Waals surface area (Å²) in [4.78, 5) is 4.64. The van der Waals surface area contributed by atoms with E-state index < -0.39 is 0 Å². The molecule has 2 N–H and O–H groups in total. The molecule has 0 bridgehead atoms. The van der Waals surface area contributed by atoms with Crippen LogP contribution >= 0.6 is 0 Å². The van der Waals surface area contributed by atoms with Crippen LogP contribution in [0.4, 0.5) is 0 Å². The summed E-state index contributed by atoms with van der Waals surface area (Å²) in [5.41, 5.74) is 2.25. The maximum atomic E-state index is 5.96. The highest BCUT2D eigenvalue weighted by molar-refractivity contribution is 5.79. The van der Waals surface area contributed by atoms with Gasteiger partial charge in [0, 0.05) is 25.3 Å². The number of methoxy groups -OCH3 is 1. The average molecular weight is 388 g/mol. The van der Waals surface area contributed by atoms with E-state index in [9.17, 15) is 0 Å². The minimum atomic E-state index is -0.0681. The van der Waals surface area contributed by atoms with E-state index in [1.54, 1.807) is 7.11 Å². The number of aryl methyl sites for hydroxylation is 3. The van der Waals surface area contributed by atoms with Crippen molar-refractivity contribution in [3.8, 4) is 11.5 Å². The van der Waals surface area contributed by atoms with Crippen LogP contribution in [0.25, 0.3) is 0 Å². The van der Waals surface area contributed by atoms with Gasteiger partial charge in [-0.05, 0) is 52.3 Å². The van der Waals surface area contributed by atoms with Crippen LogP contribution in [0.15, 0.2) is 35.3 Å². The first-order valence-corrected chi connectivity index (χ1v) is 9.86. The van der Waals surface area contributed by atoms with E-state index in [1.807, 2.05) is 42.8 Å². The molecule has 1 aromatic carbocycles. The quantitative estimate of drug-likeness (QED) is 0.373. The number of ether oxygens (including phenoxy) is 2. The predicted molar refractivity (Wildman–Crippen MR) is 113 cm³/mol. The summed E-state index contributed by atoms with van der Waals surface area (Å²) in [6.07, 6.45) is 0.904. The predicted octanol–water partition coefficient (Wildman–Crippen LogP) is 2.92. The number of guanidine groups is 1. The van der Waals surface area contributed by atoms with Gasteiger partial charge < -0.3 is 20.1 Å². The summed E-state index contributed by atoms with van der Waals surface area (Å²) in [5.74, 6) is 2.26. The number of nitrogens with one attached hydrogen (secondary N) is 2. The summed E-state index contributed by atoms with van der Waals surface area (Å²) >= 11 is 0. The highest BCUT2D eigenvalue weighted by Gasteiger charge is 2.08. The highest BCUT2D eigenvalue weighted by atomic mass is 16.5. The van der Waals surface area contributed by atoms with Crippen molar-refractivity contribution in [3.63, 3.8) is 0 Å². The highest BCUT2D eigenvalue weighted by Crippen LogP contribution is 2.26. The van der Waals surface area contributed by atoms with Crippen LogP contribution in [0.1, 0.15) is 31.7 Å². The minimum Gasteiger partial charge on any atom is -0.493 e. The fourth-order valence-corrected chi connectivity index (χ4v) is 2.87. The van der Waals surface area contributed by atoms with Crippen molar-refractivity contribution in [2.75, 3.05) is 26.7 Å². The maximum absolute atomic E-state index is 5.96. The number of rotatable bonds is 10. The van der Waals surface area contributed by atoms with Crippen LogP contribution in [-0.2, 0) is 6.54 Å². The number of benzene rings is 1. The van der Waals surface area contributed by atoms with Gasteiger partial charge in [-0.1, -0.05) is 12.1 Å². The third-order valence-electron chi connectivity index (χ3n) is 4.19. The number of aliphatic imine (C=N–C) groups is 1. The molecule has 0 fully saturated rings. The Hall–Kier alpha value is -2.70. The molecule has 0 aliphatic rings. The van der Waals surface area contributed by atoms with Crippen LogP contribution in [-0.4, -0.2) is 48.6 Å². The number of nitrogens with zero attached hydrogens (tertiary/aromatic N) is 3. The van der Waals surface area contributed by atoms with E-state index in [4.69, 9.17) is 9.47 Å². The second-order valence-electron chi connectivity index (χ2n) is 6.73. The molecule has 2 aromatic rings. The van der Waals surface area contributed by atoms with Crippen molar-refractivity contribution >= 4 is 5.96 Å². The van der Waals surface area contributed by atoms with Gasteiger partial charge >= 0.3 is 0 Å². The lowest BCUT2D eigenvalue weighted by atomic mass is 10.3. The number of para-hydroxylation sites is 2. The Balaban J connectivity index is 1.81. The fourth-order valence-electron chi connectivity index (χ4n) is 2.87. The average Bonchev–Trinajstić information content (AvgIpc) is 3.00. The lowest BCUT2D eigenvalue weighted by molar-refractivity contribution is 0.219. The zero-order valence-corrected chi connectivity index (χ0v) is 17.7. The third kappa shape index (κ3) is 6.79. The van der Waals surface area contributed by atoms with Gasteiger partial charge in [-0.15, -0.1) is 0 Å². The van der Waals surface area contributed by atoms with Crippen LogP contribution < -0.4 is 20.1 Å². The molecule has 1 heterocycles. The molecular formula is C21H33N5O2. The van der Waals surface area contributed by atoms with Crippen LogP contribution in [0.5, 0.6) is 11.5 Å². The van der Waals surface area contributed by atoms with Gasteiger partial charge in [0.1, 0.15) is 6.10 Å². The first-order valence-electron chi connectivity index (χ1n) is 9.86. The molecule has 2 rings (SSSR count). The Morgan fingerprint density at radius 3 is 2.61 bits per heavy atom. The molecular weight excluding hydrogens is 354 g/mol. The molecule has 154 valence electrons. The summed E-state index contributed by atoms with van der Waals surface area (Å²) in [5, 5.41) is 11.1. The van der Waals surface area contributed by atoms with E-state index >= 15 is 0 Å². The molecule has 0 radical (unpaired) electrons. The van der Waals surface area contributed by atoms with Crippen molar-refractivity contribution in [3.05, 3.63) is 41.7 Å². The van der Waals surface area contributed by atoms with Crippen LogP contribution in [0.3, 0.4) is 0 Å². The smallest absolute Gasteiger partial charge is 0.191 e. The van der Waals surface area contributed by atoms with Gasteiger partial charge in [0.2, 0.25) is 0 Å². The van der Waals surface area contributed by atoms with Gasteiger partial charge in [0.25, 0.3) is 0 Å². The van der Waals surface area contributed by atoms with E-state index in [0.717, 1.165) is 49.2 Å². The van der Waals surface area contributed by atoms with Crippen molar-refractivity contribution < 1.29 is 9.47 Å². The molecule has 0 amide bonds. The molecule has 0 saturated heterocycles. The zero-order chi connectivity index (χ0) is 20.4. The SMILES string of the molecule is CCNC(=NCC(C)Oc1ccccc1OC)NCCCn1nc(C)cc1C. The molecule has 7 nitrogen and oxygen atoms in total. The van der Waals surface area contributed by atoms with Gasteiger partial charge in [-0.3, -0.25) is 4.68 Å². The molecule has 1 aromatic heterocycles. The van der Waals surface area contributed by atoms with Crippen molar-refractivity contribution in [2.24, 2.45) is 4.99 Å². The van der Waals surface area contributed by atoms with E-state index in [1.165, 1.54) is 5.69 Å². The molecule has 7 heteroatoms. The summed E-state index contributed by atoms with van der Waals surface area (Å²) in [6, 6.07) is 9.75. The Morgan fingerprint density at radius 2 is 1.96 bits per heavy atom. The van der Waals surface area contributed by atoms with Gasteiger partial charge in [-0.2, -0.15) is 5.10 Å². The third-order valence-corrected chi connectivity index (χ3v) is 4.19. The number of aromatic nitrogens is 2. The molecule has 1 unspecified atom stereocenters. The maximum Gasteiger partial charge on any atom is 0.191 e. The lowest BCUT2D eigenvalue weighted by Gasteiger charge is -2.16. The topological polar surface area (TPSA) is 72.7 Å². The number of hydrogen-bond donors (Lipinski definition) is 2.